The van der Waals surface area contributed by atoms with Crippen molar-refractivity contribution >= 4 is 38.0 Å². The van der Waals surface area contributed by atoms with E-state index >= 15 is 0 Å². The first kappa shape index (κ1) is 28.2. The lowest BCUT2D eigenvalue weighted by Crippen LogP contribution is -2.43. The third kappa shape index (κ3) is 13.4. The number of hydrogen-bond donors (Lipinski definition) is 2. The summed E-state index contributed by atoms with van der Waals surface area (Å²) in [4.78, 5) is 23.2. The van der Waals surface area contributed by atoms with Crippen LogP contribution in [-0.2, 0) is 23.2 Å². The third-order valence-corrected chi connectivity index (χ3v) is 9.21. The fourth-order valence-corrected chi connectivity index (χ4v) is 10.5. The zero-order valence-corrected chi connectivity index (χ0v) is 23.7. The minimum atomic E-state index is -1.66. The average Bonchev–Trinajstić information content (AvgIpc) is 2.61. The van der Waals surface area contributed by atoms with E-state index in [1.807, 2.05) is 0 Å². The Morgan fingerprint density at radius 2 is 1.77 bits per heavy atom. The van der Waals surface area contributed by atoms with Crippen LogP contribution in [0.3, 0.4) is 0 Å². The second kappa shape index (κ2) is 13.0. The van der Waals surface area contributed by atoms with E-state index in [0.29, 0.717) is 18.8 Å². The van der Waals surface area contributed by atoms with E-state index in [2.05, 4.69) is 51.2 Å². The highest BCUT2D eigenvalue weighted by atomic mass is 28.4. The van der Waals surface area contributed by atoms with Gasteiger partial charge in [-0.2, -0.15) is 0 Å². The zero-order valence-electron chi connectivity index (χ0n) is 20.2. The fourth-order valence-electron chi connectivity index (χ4n) is 3.68. The minimum absolute atomic E-state index is 0.00749. The molecule has 1 fully saturated rings. The van der Waals surface area contributed by atoms with E-state index in [1.54, 1.807) is 0 Å². The predicted octanol–water partition coefficient (Wildman–Crippen LogP) is 2.72. The van der Waals surface area contributed by atoms with Crippen molar-refractivity contribution in [3.63, 3.8) is 0 Å². The van der Waals surface area contributed by atoms with Crippen LogP contribution in [0.5, 0.6) is 0 Å². The summed E-state index contributed by atoms with van der Waals surface area (Å²) >= 11 is 0. The lowest BCUT2D eigenvalue weighted by Gasteiger charge is -2.34. The highest BCUT2D eigenvalue weighted by Crippen LogP contribution is 2.30. The van der Waals surface area contributed by atoms with Crippen LogP contribution in [0.4, 0.5) is 0 Å². The molecule has 1 aliphatic rings. The molecule has 31 heavy (non-hydrogen) atoms. The lowest BCUT2D eigenvalue weighted by molar-refractivity contribution is -0.159. The third-order valence-electron chi connectivity index (χ3n) is 4.98. The van der Waals surface area contributed by atoms with Gasteiger partial charge in [0.25, 0.3) is 0 Å². The first-order chi connectivity index (χ1) is 14.3. The summed E-state index contributed by atoms with van der Waals surface area (Å²) < 4.78 is 18.2. The Balaban J connectivity index is 2.46. The van der Waals surface area contributed by atoms with Gasteiger partial charge in [-0.25, -0.2) is 0 Å². The van der Waals surface area contributed by atoms with Crippen LogP contribution in [-0.4, -0.2) is 67.8 Å². The normalized spacial score (nSPS) is 22.6. The first-order valence-corrected chi connectivity index (χ1v) is 20.1. The summed E-state index contributed by atoms with van der Waals surface area (Å²) in [6.07, 6.45) is 3.53. The maximum atomic E-state index is 12.1. The number of aliphatic hydroxyl groups is 1. The van der Waals surface area contributed by atoms with Crippen LogP contribution in [0.25, 0.3) is 0 Å². The molecule has 3 atom stereocenters. The van der Waals surface area contributed by atoms with Crippen molar-refractivity contribution in [3.05, 3.63) is 12.7 Å². The number of hydrogen-bond acceptors (Lipinski definition) is 6. The van der Waals surface area contributed by atoms with Crippen molar-refractivity contribution in [2.45, 2.75) is 95.6 Å². The largest absolute Gasteiger partial charge is 0.460 e. The van der Waals surface area contributed by atoms with Crippen molar-refractivity contribution in [2.24, 2.45) is 5.92 Å². The Bertz CT molecular complexity index is 575. The maximum Gasteiger partial charge on any atom is 0.307 e. The van der Waals surface area contributed by atoms with Gasteiger partial charge in [0, 0.05) is 6.54 Å². The van der Waals surface area contributed by atoms with Crippen LogP contribution < -0.4 is 5.32 Å². The van der Waals surface area contributed by atoms with Crippen LogP contribution in [0.1, 0.15) is 32.1 Å². The minimum Gasteiger partial charge on any atom is -0.460 e. The van der Waals surface area contributed by atoms with Gasteiger partial charge in [0.05, 0.1) is 22.0 Å². The summed E-state index contributed by atoms with van der Waals surface area (Å²) in [5, 5.41) is 12.8. The molecule has 1 saturated carbocycles. The van der Waals surface area contributed by atoms with Crippen LogP contribution in [0.2, 0.25) is 45.3 Å². The number of aliphatic hydroxyl groups excluding tert-OH is 1. The van der Waals surface area contributed by atoms with E-state index in [1.165, 1.54) is 0 Å². The Morgan fingerprint density at radius 3 is 2.32 bits per heavy atom. The fraction of sp³-hybridized carbons (Fsp3) is 0.810. The van der Waals surface area contributed by atoms with Crippen LogP contribution >= 0.6 is 0 Å². The molecule has 1 aliphatic carbocycles. The summed E-state index contributed by atoms with van der Waals surface area (Å²) in [5.74, 6) is -0.277. The summed E-state index contributed by atoms with van der Waals surface area (Å²) in [5.41, 5.74) is 0. The molecule has 0 aromatic rings. The number of esters is 1. The number of carbonyl (C=O) groups is 2. The quantitative estimate of drug-likeness (QED) is 0.179. The molecule has 1 rings (SSSR count). The van der Waals surface area contributed by atoms with E-state index in [-0.39, 0.29) is 24.8 Å². The van der Waals surface area contributed by atoms with E-state index < -0.39 is 44.3 Å². The molecule has 0 saturated heterocycles. The summed E-state index contributed by atoms with van der Waals surface area (Å²) in [6, 6.07) is 1.12. The molecule has 1 amide bonds. The van der Waals surface area contributed by atoms with Gasteiger partial charge in [-0.15, -0.1) is 0 Å². The zero-order chi connectivity index (χ0) is 23.7. The molecule has 0 heterocycles. The standard InChI is InChI=1S/C21H43NO6Si3/c1-8-19(24)22-13-11-20(25)26-18-15-16(9-10-17(18)23)12-14-29-21(27-30(2,3)4)28-31(5,6)7/h8,16-18,21,23H,1,9-15,29H2,2-7H3,(H,22,24). The van der Waals surface area contributed by atoms with Gasteiger partial charge in [-0.1, -0.05) is 19.0 Å². The summed E-state index contributed by atoms with van der Waals surface area (Å²) in [6.45, 7) is 16.8. The molecule has 2 N–H and O–H groups in total. The number of nitrogens with one attached hydrogen (secondary N) is 1. The number of ether oxygens (including phenoxy) is 1. The van der Waals surface area contributed by atoms with Gasteiger partial charge in [-0.3, -0.25) is 9.59 Å². The Kier molecular flexibility index (Phi) is 11.9. The molecular weight excluding hydrogens is 446 g/mol. The second-order valence-electron chi connectivity index (χ2n) is 10.3. The SMILES string of the molecule is C=CC(=O)NCCC(=O)OC1CC(CC[SiH2]C(O[Si](C)(C)C)O[Si](C)(C)C)CCC1O. The summed E-state index contributed by atoms with van der Waals surface area (Å²) in [7, 11) is -3.86. The Morgan fingerprint density at radius 1 is 1.16 bits per heavy atom. The molecule has 10 heteroatoms. The molecule has 0 aromatic carbocycles. The smallest absolute Gasteiger partial charge is 0.307 e. The molecule has 0 spiro atoms. The van der Waals surface area contributed by atoms with E-state index in [4.69, 9.17) is 13.6 Å². The molecule has 3 unspecified atom stereocenters. The van der Waals surface area contributed by atoms with Gasteiger partial charge < -0.3 is 24.0 Å². The lowest BCUT2D eigenvalue weighted by atomic mass is 9.84. The van der Waals surface area contributed by atoms with Crippen molar-refractivity contribution < 1.29 is 28.3 Å². The molecule has 7 nitrogen and oxygen atoms in total. The predicted molar refractivity (Wildman–Crippen MR) is 132 cm³/mol. The van der Waals surface area contributed by atoms with Gasteiger partial charge >= 0.3 is 5.97 Å². The van der Waals surface area contributed by atoms with Crippen molar-refractivity contribution in [3.8, 4) is 0 Å². The highest BCUT2D eigenvalue weighted by Gasteiger charge is 2.32. The average molecular weight is 490 g/mol. The van der Waals surface area contributed by atoms with Gasteiger partial charge in [0.15, 0.2) is 16.6 Å². The van der Waals surface area contributed by atoms with E-state index in [0.717, 1.165) is 25.0 Å². The molecule has 0 aliphatic heterocycles. The van der Waals surface area contributed by atoms with Gasteiger partial charge in [0.2, 0.25) is 5.91 Å². The molecule has 180 valence electrons. The van der Waals surface area contributed by atoms with Crippen LogP contribution in [0, 0.1) is 5.92 Å². The number of amides is 1. The number of rotatable bonds is 13. The van der Waals surface area contributed by atoms with Crippen molar-refractivity contribution in [2.75, 3.05) is 6.54 Å². The number of carbonyl (C=O) groups excluding carboxylic acids is 2. The highest BCUT2D eigenvalue weighted by molar-refractivity contribution is 6.71. The van der Waals surface area contributed by atoms with E-state index in [9.17, 15) is 14.7 Å². The Hall–Kier alpha value is -0.789. The first-order valence-electron chi connectivity index (χ1n) is 11.4. The monoisotopic (exact) mass is 489 g/mol. The maximum absolute atomic E-state index is 12.1. The molecule has 0 radical (unpaired) electrons. The van der Waals surface area contributed by atoms with Gasteiger partial charge in [0.1, 0.15) is 12.0 Å². The molecular formula is C21H43NO6Si3. The second-order valence-corrected chi connectivity index (χ2v) is 21.2. The molecule has 0 bridgehead atoms. The van der Waals surface area contributed by atoms with Crippen molar-refractivity contribution in [1.82, 2.24) is 5.32 Å². The van der Waals surface area contributed by atoms with Gasteiger partial charge in [-0.05, 0) is 70.5 Å². The Labute approximate surface area is 192 Å². The molecule has 0 aromatic heterocycles. The van der Waals surface area contributed by atoms with Crippen molar-refractivity contribution in [1.29, 1.82) is 0 Å². The van der Waals surface area contributed by atoms with Crippen LogP contribution in [0.15, 0.2) is 12.7 Å². The topological polar surface area (TPSA) is 94.1 Å².